The minimum Gasteiger partial charge on any atom is -0.328 e. The largest absolute Gasteiger partial charge is 0.328 e. The third-order valence-corrected chi connectivity index (χ3v) is 1.85. The summed E-state index contributed by atoms with van der Waals surface area (Å²) in [5, 5.41) is 19.0. The lowest BCUT2D eigenvalue weighted by Crippen LogP contribution is -2.17. The summed E-state index contributed by atoms with van der Waals surface area (Å²) in [6, 6.07) is 1.59. The van der Waals surface area contributed by atoms with Gasteiger partial charge < -0.3 is 4.98 Å². The highest BCUT2D eigenvalue weighted by molar-refractivity contribution is 5.47. The van der Waals surface area contributed by atoms with Crippen LogP contribution >= 0.6 is 0 Å². The van der Waals surface area contributed by atoms with E-state index in [9.17, 15) is 23.7 Å². The fourth-order valence-electron chi connectivity index (χ4n) is 1.22. The number of alkyl halides is 2. The summed E-state index contributed by atoms with van der Waals surface area (Å²) in [5.74, 6) is 0. The lowest BCUT2D eigenvalue weighted by molar-refractivity contribution is -0.387. The zero-order chi connectivity index (χ0) is 12.3. The molecule has 0 radical (unpaired) electrons. The van der Waals surface area contributed by atoms with Gasteiger partial charge in [-0.25, -0.2) is 8.78 Å². The summed E-state index contributed by atoms with van der Waals surface area (Å²) in [6.07, 6.45) is -2.79. The van der Waals surface area contributed by atoms with Gasteiger partial charge in [0, 0.05) is 6.20 Å². The van der Waals surface area contributed by atoms with E-state index in [4.69, 9.17) is 5.26 Å². The molecule has 0 atom stereocenters. The van der Waals surface area contributed by atoms with Gasteiger partial charge in [-0.05, 0) is 0 Å². The van der Waals surface area contributed by atoms with E-state index in [-0.39, 0.29) is 5.56 Å². The predicted octanol–water partition coefficient (Wildman–Crippen LogP) is 1.29. The van der Waals surface area contributed by atoms with E-state index < -0.39 is 34.6 Å². The molecule has 0 aromatic carbocycles. The molecular weight excluding hydrogens is 224 g/mol. The van der Waals surface area contributed by atoms with E-state index in [1.165, 1.54) is 0 Å². The van der Waals surface area contributed by atoms with Crippen molar-refractivity contribution in [3.8, 4) is 6.07 Å². The molecule has 0 fully saturated rings. The summed E-state index contributed by atoms with van der Waals surface area (Å²) in [5.41, 5.74) is -3.65. The van der Waals surface area contributed by atoms with Crippen LogP contribution in [0.25, 0.3) is 0 Å². The molecule has 6 nitrogen and oxygen atoms in total. The van der Waals surface area contributed by atoms with Gasteiger partial charge in [0.05, 0.1) is 23.0 Å². The van der Waals surface area contributed by atoms with Crippen LogP contribution in [0, 0.1) is 21.4 Å². The second kappa shape index (κ2) is 4.48. The van der Waals surface area contributed by atoms with Crippen molar-refractivity contribution < 1.29 is 13.7 Å². The van der Waals surface area contributed by atoms with E-state index in [2.05, 4.69) is 0 Å². The standard InChI is InChI=1S/C8H5F2N3O3/c9-7(10)5-6(13(15)16)4(1-2-11)3-12-8(5)14/h3,7H,1H2,(H,12,14). The maximum Gasteiger partial charge on any atom is 0.289 e. The Morgan fingerprint density at radius 1 is 1.62 bits per heavy atom. The zero-order valence-corrected chi connectivity index (χ0v) is 7.74. The molecule has 1 heterocycles. The zero-order valence-electron chi connectivity index (χ0n) is 7.74. The number of nitriles is 1. The normalized spacial score (nSPS) is 10.1. The molecule has 0 amide bonds. The fourth-order valence-corrected chi connectivity index (χ4v) is 1.22. The monoisotopic (exact) mass is 229 g/mol. The highest BCUT2D eigenvalue weighted by Gasteiger charge is 2.29. The molecule has 0 aliphatic carbocycles. The van der Waals surface area contributed by atoms with Gasteiger partial charge in [0.1, 0.15) is 0 Å². The van der Waals surface area contributed by atoms with Crippen molar-refractivity contribution in [2.24, 2.45) is 0 Å². The van der Waals surface area contributed by atoms with E-state index in [1.54, 1.807) is 6.07 Å². The Hall–Kier alpha value is -2.30. The molecule has 0 aliphatic heterocycles. The molecule has 0 saturated heterocycles. The Labute approximate surface area is 87.3 Å². The number of pyridine rings is 1. The van der Waals surface area contributed by atoms with Crippen LogP contribution in [0.4, 0.5) is 14.5 Å². The van der Waals surface area contributed by atoms with Crippen LogP contribution in [0.15, 0.2) is 11.0 Å². The van der Waals surface area contributed by atoms with Crippen molar-refractivity contribution >= 4 is 5.69 Å². The van der Waals surface area contributed by atoms with Crippen molar-refractivity contribution in [2.75, 3.05) is 0 Å². The van der Waals surface area contributed by atoms with Crippen LogP contribution in [0.1, 0.15) is 17.6 Å². The number of H-pyrrole nitrogens is 1. The number of halogens is 2. The average molecular weight is 229 g/mol. The van der Waals surface area contributed by atoms with Crippen LogP contribution in [0.5, 0.6) is 0 Å². The molecule has 84 valence electrons. The third-order valence-electron chi connectivity index (χ3n) is 1.85. The van der Waals surface area contributed by atoms with Crippen molar-refractivity contribution in [3.05, 3.63) is 37.8 Å². The van der Waals surface area contributed by atoms with Gasteiger partial charge in [0.2, 0.25) is 0 Å². The van der Waals surface area contributed by atoms with E-state index >= 15 is 0 Å². The molecule has 1 N–H and O–H groups in total. The lowest BCUT2D eigenvalue weighted by Gasteiger charge is -2.03. The Morgan fingerprint density at radius 2 is 2.25 bits per heavy atom. The number of hydrogen-bond acceptors (Lipinski definition) is 4. The highest BCUT2D eigenvalue weighted by atomic mass is 19.3. The topological polar surface area (TPSA) is 99.8 Å². The maximum absolute atomic E-state index is 12.5. The molecule has 0 saturated carbocycles. The van der Waals surface area contributed by atoms with Crippen molar-refractivity contribution in [2.45, 2.75) is 12.8 Å². The Bertz CT molecular complexity index is 518. The minimum absolute atomic E-state index is 0.234. The fraction of sp³-hybridized carbons (Fsp3) is 0.250. The van der Waals surface area contributed by atoms with Gasteiger partial charge in [0.15, 0.2) is 5.56 Å². The minimum atomic E-state index is -3.26. The summed E-state index contributed by atoms with van der Waals surface area (Å²) in [7, 11) is 0. The van der Waals surface area contributed by atoms with Gasteiger partial charge in [-0.3, -0.25) is 14.9 Å². The third kappa shape index (κ3) is 2.03. The maximum atomic E-state index is 12.5. The number of nitrogens with one attached hydrogen (secondary N) is 1. The summed E-state index contributed by atoms with van der Waals surface area (Å²) in [4.78, 5) is 22.5. The number of aromatic nitrogens is 1. The van der Waals surface area contributed by atoms with Crippen molar-refractivity contribution in [1.82, 2.24) is 4.98 Å². The van der Waals surface area contributed by atoms with Gasteiger partial charge in [-0.1, -0.05) is 0 Å². The SMILES string of the molecule is N#CCc1c[nH]c(=O)c(C(F)F)c1[N+](=O)[O-]. The average Bonchev–Trinajstić information content (AvgIpc) is 2.19. The van der Waals surface area contributed by atoms with Crippen molar-refractivity contribution in [1.29, 1.82) is 5.26 Å². The Morgan fingerprint density at radius 3 is 2.69 bits per heavy atom. The Balaban J connectivity index is 3.58. The number of hydrogen-bond donors (Lipinski definition) is 1. The number of rotatable bonds is 3. The molecule has 0 spiro atoms. The van der Waals surface area contributed by atoms with Crippen LogP contribution in [0.3, 0.4) is 0 Å². The van der Waals surface area contributed by atoms with E-state index in [1.807, 2.05) is 4.98 Å². The van der Waals surface area contributed by atoms with Crippen LogP contribution in [-0.2, 0) is 6.42 Å². The van der Waals surface area contributed by atoms with Crippen molar-refractivity contribution in [3.63, 3.8) is 0 Å². The first kappa shape index (κ1) is 11.8. The number of aromatic amines is 1. The second-order valence-corrected chi connectivity index (χ2v) is 2.80. The quantitative estimate of drug-likeness (QED) is 0.623. The lowest BCUT2D eigenvalue weighted by atomic mass is 10.1. The van der Waals surface area contributed by atoms with Crippen LogP contribution < -0.4 is 5.56 Å². The highest BCUT2D eigenvalue weighted by Crippen LogP contribution is 2.28. The molecule has 1 aromatic heterocycles. The van der Waals surface area contributed by atoms with Gasteiger partial charge in [-0.2, -0.15) is 5.26 Å². The second-order valence-electron chi connectivity index (χ2n) is 2.80. The van der Waals surface area contributed by atoms with Gasteiger partial charge in [-0.15, -0.1) is 0 Å². The molecule has 0 unspecified atom stereocenters. The van der Waals surface area contributed by atoms with Gasteiger partial charge >= 0.3 is 0 Å². The molecule has 0 aliphatic rings. The first-order valence-electron chi connectivity index (χ1n) is 4.03. The molecule has 8 heteroatoms. The number of nitrogens with zero attached hydrogens (tertiary/aromatic N) is 2. The smallest absolute Gasteiger partial charge is 0.289 e. The first-order valence-corrected chi connectivity index (χ1v) is 4.03. The summed E-state index contributed by atoms with van der Waals surface area (Å²) >= 11 is 0. The molecule has 16 heavy (non-hydrogen) atoms. The van der Waals surface area contributed by atoms with E-state index in [0.29, 0.717) is 0 Å². The van der Waals surface area contributed by atoms with Crippen LogP contribution in [-0.4, -0.2) is 9.91 Å². The number of nitro groups is 1. The molecule has 1 aromatic rings. The Kier molecular flexibility index (Phi) is 3.30. The molecule has 0 bridgehead atoms. The summed E-state index contributed by atoms with van der Waals surface area (Å²) < 4.78 is 24.9. The molecule has 1 rings (SSSR count). The predicted molar refractivity (Wildman–Crippen MR) is 48.0 cm³/mol. The van der Waals surface area contributed by atoms with Crippen LogP contribution in [0.2, 0.25) is 0 Å². The molecular formula is C8H5F2N3O3. The van der Waals surface area contributed by atoms with E-state index in [0.717, 1.165) is 6.20 Å². The first-order chi connectivity index (χ1) is 7.49. The van der Waals surface area contributed by atoms with Gasteiger partial charge in [0.25, 0.3) is 17.7 Å². The summed E-state index contributed by atoms with van der Waals surface area (Å²) in [6.45, 7) is 0.